The first-order valence-electron chi connectivity index (χ1n) is 5.49. The molecule has 0 atom stereocenters. The molecule has 1 saturated carbocycles. The van der Waals surface area contributed by atoms with E-state index in [1.165, 1.54) is 29.3 Å². The highest BCUT2D eigenvalue weighted by atomic mass is 16.3. The summed E-state index contributed by atoms with van der Waals surface area (Å²) in [5.74, 6) is 0. The summed E-state index contributed by atoms with van der Waals surface area (Å²) in [6.45, 7) is 0.327. The van der Waals surface area contributed by atoms with E-state index in [-0.39, 0.29) is 5.41 Å². The molecule has 1 heterocycles. The molecular formula is C13H15NO. The molecule has 2 aromatic rings. The molecule has 1 aliphatic carbocycles. The van der Waals surface area contributed by atoms with Crippen molar-refractivity contribution in [3.05, 3.63) is 36.0 Å². The minimum atomic E-state index is 0.200. The summed E-state index contributed by atoms with van der Waals surface area (Å²) in [5.41, 5.74) is 2.76. The smallest absolute Gasteiger partial charge is 0.0490 e. The third kappa shape index (κ3) is 1.45. The summed E-state index contributed by atoms with van der Waals surface area (Å²) in [6.07, 6.45) is 5.33. The molecule has 0 bridgehead atoms. The average Bonchev–Trinajstić information content (AvgIpc) is 2.87. The topological polar surface area (TPSA) is 36.0 Å². The molecular weight excluding hydrogens is 186 g/mol. The van der Waals surface area contributed by atoms with Crippen LogP contribution in [0, 0.1) is 5.41 Å². The number of fused-ring (bicyclic) bond motifs is 1. The van der Waals surface area contributed by atoms with Gasteiger partial charge in [0.1, 0.15) is 0 Å². The molecule has 0 aliphatic heterocycles. The Hall–Kier alpha value is -1.28. The predicted molar refractivity (Wildman–Crippen MR) is 60.8 cm³/mol. The molecule has 0 radical (unpaired) electrons. The minimum absolute atomic E-state index is 0.200. The highest BCUT2D eigenvalue weighted by molar-refractivity contribution is 5.82. The second-order valence-corrected chi connectivity index (χ2v) is 4.69. The Morgan fingerprint density at radius 2 is 2.13 bits per heavy atom. The number of nitrogens with one attached hydrogen (secondary N) is 1. The molecule has 78 valence electrons. The summed E-state index contributed by atoms with van der Waals surface area (Å²) in [4.78, 5) is 3.22. The van der Waals surface area contributed by atoms with Crippen LogP contribution in [0.25, 0.3) is 10.9 Å². The fourth-order valence-electron chi connectivity index (χ4n) is 2.28. The molecule has 0 spiro atoms. The van der Waals surface area contributed by atoms with Crippen molar-refractivity contribution in [2.45, 2.75) is 19.3 Å². The zero-order chi connectivity index (χ0) is 10.3. The first-order chi connectivity index (χ1) is 7.33. The molecule has 0 saturated heterocycles. The molecule has 1 aromatic heterocycles. The molecule has 3 rings (SSSR count). The van der Waals surface area contributed by atoms with Crippen molar-refractivity contribution in [3.8, 4) is 0 Å². The highest BCUT2D eigenvalue weighted by Gasteiger charge is 2.41. The molecule has 2 heteroatoms. The van der Waals surface area contributed by atoms with Crippen LogP contribution in [-0.4, -0.2) is 16.7 Å². The number of H-pyrrole nitrogens is 1. The summed E-state index contributed by atoms with van der Waals surface area (Å²) < 4.78 is 0. The van der Waals surface area contributed by atoms with Gasteiger partial charge < -0.3 is 10.1 Å². The van der Waals surface area contributed by atoms with Crippen LogP contribution >= 0.6 is 0 Å². The van der Waals surface area contributed by atoms with E-state index in [0.29, 0.717) is 6.61 Å². The third-order valence-corrected chi connectivity index (χ3v) is 3.54. The van der Waals surface area contributed by atoms with Gasteiger partial charge in [-0.1, -0.05) is 12.1 Å². The normalized spacial score (nSPS) is 18.2. The van der Waals surface area contributed by atoms with Crippen molar-refractivity contribution in [1.29, 1.82) is 0 Å². The van der Waals surface area contributed by atoms with Crippen LogP contribution < -0.4 is 0 Å². The fourth-order valence-corrected chi connectivity index (χ4v) is 2.28. The fraction of sp³-hybridized carbons (Fsp3) is 0.385. The molecule has 15 heavy (non-hydrogen) atoms. The van der Waals surface area contributed by atoms with Crippen LogP contribution in [0.1, 0.15) is 18.4 Å². The lowest BCUT2D eigenvalue weighted by molar-refractivity contribution is 0.211. The molecule has 1 fully saturated rings. The maximum absolute atomic E-state index is 9.33. The van der Waals surface area contributed by atoms with Crippen LogP contribution in [0.3, 0.4) is 0 Å². The highest BCUT2D eigenvalue weighted by Crippen LogP contribution is 2.48. The zero-order valence-electron chi connectivity index (χ0n) is 8.66. The van der Waals surface area contributed by atoms with E-state index in [1.807, 2.05) is 6.20 Å². The van der Waals surface area contributed by atoms with Gasteiger partial charge in [0.15, 0.2) is 0 Å². The molecule has 0 amide bonds. The summed E-state index contributed by atoms with van der Waals surface area (Å²) in [6, 6.07) is 8.48. The number of hydrogen-bond acceptors (Lipinski definition) is 1. The molecule has 1 aromatic carbocycles. The number of benzene rings is 1. The van der Waals surface area contributed by atoms with Crippen LogP contribution in [0.2, 0.25) is 0 Å². The van der Waals surface area contributed by atoms with Crippen molar-refractivity contribution in [2.24, 2.45) is 5.41 Å². The Bertz CT molecular complexity index is 482. The molecule has 2 N–H and O–H groups in total. The number of aliphatic hydroxyl groups is 1. The van der Waals surface area contributed by atoms with Gasteiger partial charge in [0, 0.05) is 23.7 Å². The van der Waals surface area contributed by atoms with Crippen molar-refractivity contribution in [2.75, 3.05) is 6.61 Å². The molecule has 1 aliphatic rings. The lowest BCUT2D eigenvalue weighted by Gasteiger charge is -2.12. The first kappa shape index (κ1) is 8.98. The lowest BCUT2D eigenvalue weighted by atomic mass is 9.95. The predicted octanol–water partition coefficient (Wildman–Crippen LogP) is 2.48. The van der Waals surface area contributed by atoms with Gasteiger partial charge in [-0.05, 0) is 42.4 Å². The van der Waals surface area contributed by atoms with Crippen molar-refractivity contribution >= 4 is 10.9 Å². The van der Waals surface area contributed by atoms with Crippen LogP contribution in [0.5, 0.6) is 0 Å². The second-order valence-electron chi connectivity index (χ2n) is 4.69. The largest absolute Gasteiger partial charge is 0.396 e. The van der Waals surface area contributed by atoms with E-state index in [0.717, 1.165) is 6.42 Å². The standard InChI is InChI=1S/C13H15NO/c15-9-13(5-6-13)8-10-2-1-3-12-11(10)4-7-14-12/h1-4,7,14-15H,5-6,8-9H2. The number of aromatic amines is 1. The Morgan fingerprint density at radius 1 is 1.27 bits per heavy atom. The Morgan fingerprint density at radius 3 is 2.87 bits per heavy atom. The maximum atomic E-state index is 9.33. The third-order valence-electron chi connectivity index (χ3n) is 3.54. The zero-order valence-corrected chi connectivity index (χ0v) is 8.66. The van der Waals surface area contributed by atoms with Gasteiger partial charge in [-0.25, -0.2) is 0 Å². The number of aromatic nitrogens is 1. The van der Waals surface area contributed by atoms with Gasteiger partial charge in [-0.15, -0.1) is 0 Å². The monoisotopic (exact) mass is 201 g/mol. The van der Waals surface area contributed by atoms with Gasteiger partial charge >= 0.3 is 0 Å². The van der Waals surface area contributed by atoms with Gasteiger partial charge in [-0.2, -0.15) is 0 Å². The van der Waals surface area contributed by atoms with Crippen molar-refractivity contribution in [3.63, 3.8) is 0 Å². The number of rotatable bonds is 3. The van der Waals surface area contributed by atoms with E-state index in [9.17, 15) is 5.11 Å². The summed E-state index contributed by atoms with van der Waals surface area (Å²) in [5, 5.41) is 10.6. The summed E-state index contributed by atoms with van der Waals surface area (Å²) >= 11 is 0. The molecule has 0 unspecified atom stereocenters. The van der Waals surface area contributed by atoms with E-state index in [1.54, 1.807) is 0 Å². The van der Waals surface area contributed by atoms with E-state index < -0.39 is 0 Å². The Kier molecular flexibility index (Phi) is 1.86. The van der Waals surface area contributed by atoms with Gasteiger partial charge in [0.25, 0.3) is 0 Å². The van der Waals surface area contributed by atoms with Crippen LogP contribution in [-0.2, 0) is 6.42 Å². The Labute approximate surface area is 88.9 Å². The Balaban J connectivity index is 2.00. The van der Waals surface area contributed by atoms with Crippen LogP contribution in [0.4, 0.5) is 0 Å². The molecule has 2 nitrogen and oxygen atoms in total. The number of aliphatic hydroxyl groups excluding tert-OH is 1. The van der Waals surface area contributed by atoms with Gasteiger partial charge in [0.2, 0.25) is 0 Å². The second kappa shape index (κ2) is 3.11. The van der Waals surface area contributed by atoms with E-state index in [4.69, 9.17) is 0 Å². The van der Waals surface area contributed by atoms with Gasteiger partial charge in [-0.3, -0.25) is 0 Å². The SMILES string of the molecule is OCC1(Cc2cccc3[nH]ccc23)CC1. The average molecular weight is 201 g/mol. The quantitative estimate of drug-likeness (QED) is 0.786. The first-order valence-corrected chi connectivity index (χ1v) is 5.49. The van der Waals surface area contributed by atoms with E-state index in [2.05, 4.69) is 29.2 Å². The van der Waals surface area contributed by atoms with E-state index >= 15 is 0 Å². The number of hydrogen-bond donors (Lipinski definition) is 2. The van der Waals surface area contributed by atoms with Crippen molar-refractivity contribution < 1.29 is 5.11 Å². The van der Waals surface area contributed by atoms with Crippen molar-refractivity contribution in [1.82, 2.24) is 4.98 Å². The van der Waals surface area contributed by atoms with Crippen LogP contribution in [0.15, 0.2) is 30.5 Å². The van der Waals surface area contributed by atoms with Gasteiger partial charge in [0.05, 0.1) is 0 Å². The maximum Gasteiger partial charge on any atom is 0.0490 e. The lowest BCUT2D eigenvalue weighted by Crippen LogP contribution is -2.10. The summed E-state index contributed by atoms with van der Waals surface area (Å²) in [7, 11) is 0. The minimum Gasteiger partial charge on any atom is -0.396 e.